The number of hydrogen-bond donors (Lipinski definition) is 1. The smallest absolute Gasteiger partial charge is 0.00461 e. The molecule has 15 heavy (non-hydrogen) atoms. The normalized spacial score (nSPS) is 42.8. The third kappa shape index (κ3) is 2.75. The van der Waals surface area contributed by atoms with Gasteiger partial charge in [-0.25, -0.2) is 0 Å². The topological polar surface area (TPSA) is 26.0 Å². The van der Waals surface area contributed by atoms with E-state index in [0.717, 1.165) is 30.2 Å². The van der Waals surface area contributed by atoms with Gasteiger partial charge in [0.25, 0.3) is 0 Å². The molecule has 0 heterocycles. The van der Waals surface area contributed by atoms with Gasteiger partial charge in [-0.2, -0.15) is 0 Å². The predicted molar refractivity (Wildman–Crippen MR) is 65.6 cm³/mol. The Kier molecular flexibility index (Phi) is 4.07. The van der Waals surface area contributed by atoms with Gasteiger partial charge in [-0.05, 0) is 49.5 Å². The molecule has 2 N–H and O–H groups in total. The van der Waals surface area contributed by atoms with Crippen LogP contribution >= 0.6 is 0 Å². The molecule has 1 heteroatoms. The van der Waals surface area contributed by atoms with Gasteiger partial charge in [-0.3, -0.25) is 0 Å². The molecule has 0 aromatic rings. The quantitative estimate of drug-likeness (QED) is 0.739. The van der Waals surface area contributed by atoms with Crippen LogP contribution in [-0.2, 0) is 0 Å². The molecule has 0 radical (unpaired) electrons. The fourth-order valence-corrected chi connectivity index (χ4v) is 4.02. The first kappa shape index (κ1) is 11.4. The van der Waals surface area contributed by atoms with Crippen LogP contribution in [0.15, 0.2) is 0 Å². The van der Waals surface area contributed by atoms with Crippen LogP contribution in [0, 0.1) is 23.7 Å². The lowest BCUT2D eigenvalue weighted by Crippen LogP contribution is -2.34. The molecular weight excluding hydrogens is 182 g/mol. The van der Waals surface area contributed by atoms with Crippen molar-refractivity contribution in [3.05, 3.63) is 0 Å². The maximum atomic E-state index is 5.93. The molecule has 4 unspecified atom stereocenters. The summed E-state index contributed by atoms with van der Waals surface area (Å²) in [7, 11) is 0. The fourth-order valence-electron chi connectivity index (χ4n) is 4.02. The van der Waals surface area contributed by atoms with Gasteiger partial charge in [0.1, 0.15) is 0 Å². The summed E-state index contributed by atoms with van der Waals surface area (Å²) in [4.78, 5) is 0. The Hall–Kier alpha value is -0.0400. The lowest BCUT2D eigenvalue weighted by atomic mass is 9.66. The van der Waals surface area contributed by atoms with Crippen LogP contribution in [0.5, 0.6) is 0 Å². The van der Waals surface area contributed by atoms with Crippen molar-refractivity contribution >= 4 is 0 Å². The summed E-state index contributed by atoms with van der Waals surface area (Å²) < 4.78 is 0. The minimum absolute atomic E-state index is 0.856. The van der Waals surface area contributed by atoms with Crippen LogP contribution in [0.4, 0.5) is 0 Å². The molecular formula is C14H27N. The van der Waals surface area contributed by atoms with E-state index in [1.807, 2.05) is 0 Å². The van der Waals surface area contributed by atoms with Crippen LogP contribution in [0.3, 0.4) is 0 Å². The van der Waals surface area contributed by atoms with Crippen molar-refractivity contribution < 1.29 is 0 Å². The van der Waals surface area contributed by atoms with E-state index in [1.54, 1.807) is 0 Å². The zero-order valence-electron chi connectivity index (χ0n) is 10.3. The second-order valence-electron chi connectivity index (χ2n) is 5.98. The molecule has 2 fully saturated rings. The highest BCUT2D eigenvalue weighted by Gasteiger charge is 2.32. The molecule has 0 bridgehead atoms. The van der Waals surface area contributed by atoms with Crippen LogP contribution in [0.2, 0.25) is 0 Å². The first-order valence-corrected chi connectivity index (χ1v) is 7.01. The fraction of sp³-hybridized carbons (Fsp3) is 1.00. The third-order valence-electron chi connectivity index (χ3n) is 4.85. The van der Waals surface area contributed by atoms with E-state index >= 15 is 0 Å². The summed E-state index contributed by atoms with van der Waals surface area (Å²) in [6, 6.07) is 0. The van der Waals surface area contributed by atoms with E-state index in [1.165, 1.54) is 51.4 Å². The van der Waals surface area contributed by atoms with Crippen molar-refractivity contribution in [1.82, 2.24) is 0 Å². The Morgan fingerprint density at radius 2 is 1.80 bits per heavy atom. The SMILES string of the molecule is CC1CCCC(C2CCCCC2CN)C1. The molecule has 1 nitrogen and oxygen atoms in total. The van der Waals surface area contributed by atoms with E-state index in [0.29, 0.717) is 0 Å². The van der Waals surface area contributed by atoms with Gasteiger partial charge < -0.3 is 5.73 Å². The van der Waals surface area contributed by atoms with Gasteiger partial charge >= 0.3 is 0 Å². The summed E-state index contributed by atoms with van der Waals surface area (Å²) in [5.41, 5.74) is 5.93. The molecule has 2 rings (SSSR count). The van der Waals surface area contributed by atoms with Crippen molar-refractivity contribution in [2.45, 2.75) is 58.3 Å². The second-order valence-corrected chi connectivity index (χ2v) is 5.98. The van der Waals surface area contributed by atoms with Crippen LogP contribution < -0.4 is 5.73 Å². The Morgan fingerprint density at radius 3 is 2.53 bits per heavy atom. The van der Waals surface area contributed by atoms with Gasteiger partial charge in [-0.1, -0.05) is 39.0 Å². The first-order valence-electron chi connectivity index (χ1n) is 7.01. The highest BCUT2D eigenvalue weighted by Crippen LogP contribution is 2.42. The molecule has 2 aliphatic rings. The lowest BCUT2D eigenvalue weighted by Gasteiger charge is -2.40. The van der Waals surface area contributed by atoms with E-state index in [9.17, 15) is 0 Å². The maximum absolute atomic E-state index is 5.93. The van der Waals surface area contributed by atoms with Gasteiger partial charge in [0.05, 0.1) is 0 Å². The average molecular weight is 209 g/mol. The third-order valence-corrected chi connectivity index (χ3v) is 4.85. The highest BCUT2D eigenvalue weighted by atomic mass is 14.6. The second kappa shape index (κ2) is 5.34. The standard InChI is InChI=1S/C14H27N/c1-11-5-4-7-12(9-11)14-8-3-2-6-13(14)10-15/h11-14H,2-10,15H2,1H3. The van der Waals surface area contributed by atoms with Gasteiger partial charge in [0.2, 0.25) is 0 Å². The molecule has 0 aromatic heterocycles. The van der Waals surface area contributed by atoms with Crippen molar-refractivity contribution in [3.63, 3.8) is 0 Å². The minimum Gasteiger partial charge on any atom is -0.330 e. The molecule has 2 saturated carbocycles. The Morgan fingerprint density at radius 1 is 1.00 bits per heavy atom. The Labute approximate surface area is 94.8 Å². The summed E-state index contributed by atoms with van der Waals surface area (Å²) in [6.45, 7) is 3.38. The summed E-state index contributed by atoms with van der Waals surface area (Å²) in [5, 5.41) is 0. The maximum Gasteiger partial charge on any atom is -0.00461 e. The molecule has 88 valence electrons. The summed E-state index contributed by atoms with van der Waals surface area (Å²) in [5.74, 6) is 3.83. The molecule has 0 aromatic carbocycles. The highest BCUT2D eigenvalue weighted by molar-refractivity contribution is 4.84. The van der Waals surface area contributed by atoms with Crippen LogP contribution in [0.1, 0.15) is 58.3 Å². The van der Waals surface area contributed by atoms with Gasteiger partial charge in [0.15, 0.2) is 0 Å². The monoisotopic (exact) mass is 209 g/mol. The first-order chi connectivity index (χ1) is 7.31. The molecule has 0 saturated heterocycles. The molecule has 4 atom stereocenters. The molecule has 0 aliphatic heterocycles. The molecule has 2 aliphatic carbocycles. The van der Waals surface area contributed by atoms with E-state index in [4.69, 9.17) is 5.73 Å². The van der Waals surface area contributed by atoms with E-state index in [-0.39, 0.29) is 0 Å². The Balaban J connectivity index is 1.94. The zero-order chi connectivity index (χ0) is 10.7. The molecule has 0 spiro atoms. The van der Waals surface area contributed by atoms with E-state index in [2.05, 4.69) is 6.92 Å². The van der Waals surface area contributed by atoms with Crippen molar-refractivity contribution in [1.29, 1.82) is 0 Å². The van der Waals surface area contributed by atoms with Crippen molar-refractivity contribution in [2.24, 2.45) is 29.4 Å². The van der Waals surface area contributed by atoms with Crippen LogP contribution in [0.25, 0.3) is 0 Å². The average Bonchev–Trinajstić information content (AvgIpc) is 2.29. The van der Waals surface area contributed by atoms with Crippen molar-refractivity contribution in [3.8, 4) is 0 Å². The summed E-state index contributed by atoms with van der Waals surface area (Å²) in [6.07, 6.45) is 11.7. The number of rotatable bonds is 2. The van der Waals surface area contributed by atoms with Gasteiger partial charge in [-0.15, -0.1) is 0 Å². The predicted octanol–water partition coefficient (Wildman–Crippen LogP) is 3.58. The summed E-state index contributed by atoms with van der Waals surface area (Å²) >= 11 is 0. The van der Waals surface area contributed by atoms with Crippen LogP contribution in [-0.4, -0.2) is 6.54 Å². The number of nitrogens with two attached hydrogens (primary N) is 1. The molecule has 0 amide bonds. The van der Waals surface area contributed by atoms with Gasteiger partial charge in [0, 0.05) is 0 Å². The number of hydrogen-bond acceptors (Lipinski definition) is 1. The largest absolute Gasteiger partial charge is 0.330 e. The van der Waals surface area contributed by atoms with E-state index < -0.39 is 0 Å². The Bertz CT molecular complexity index is 190. The van der Waals surface area contributed by atoms with Crippen molar-refractivity contribution in [2.75, 3.05) is 6.54 Å². The lowest BCUT2D eigenvalue weighted by molar-refractivity contribution is 0.114. The minimum atomic E-state index is 0.856. The zero-order valence-corrected chi connectivity index (χ0v) is 10.3.